The average Bonchev–Trinajstić information content (AvgIpc) is 2.82. The molecule has 2 aromatic carbocycles. The van der Waals surface area contributed by atoms with Gasteiger partial charge >= 0.3 is 0 Å². The number of benzene rings is 2. The summed E-state index contributed by atoms with van der Waals surface area (Å²) in [6.07, 6.45) is 18.5. The largest absolute Gasteiger partial charge is 0.203 e. The van der Waals surface area contributed by atoms with Crippen molar-refractivity contribution in [2.24, 2.45) is 11.8 Å². The van der Waals surface area contributed by atoms with Crippen LogP contribution in [0.15, 0.2) is 60.7 Å². The highest BCUT2D eigenvalue weighted by molar-refractivity contribution is 5.35. The van der Waals surface area contributed by atoms with Crippen molar-refractivity contribution < 1.29 is 8.78 Å². The summed E-state index contributed by atoms with van der Waals surface area (Å²) in [6.45, 7) is 3.97. The summed E-state index contributed by atoms with van der Waals surface area (Å²) >= 11 is 0. The first-order valence-corrected chi connectivity index (χ1v) is 12.4. The van der Waals surface area contributed by atoms with Crippen molar-refractivity contribution in [1.82, 2.24) is 0 Å². The molecule has 1 saturated carbocycles. The minimum Gasteiger partial charge on any atom is -0.203 e. The fraction of sp³-hybridized carbons (Fsp3) is 0.467. The lowest BCUT2D eigenvalue weighted by Crippen LogP contribution is -2.10. The standard InChI is InChI=1S/C30H36F2/c1-21-7-10-23(11-8-21)5-3-4-6-24-12-14-25(15-13-24)26-16-18-27(19-17-26)28-20-9-22(2)29(31)30(28)32/h3,5,9,12-16,18,20-21,23,26-27H,4,6-8,10-11,17,19H2,1-2H3/b5-3+. The first kappa shape index (κ1) is 23.0. The van der Waals surface area contributed by atoms with Crippen molar-refractivity contribution in [2.75, 3.05) is 0 Å². The lowest BCUT2D eigenvalue weighted by molar-refractivity contribution is 0.330. The Morgan fingerprint density at radius 2 is 1.50 bits per heavy atom. The van der Waals surface area contributed by atoms with E-state index in [1.165, 1.54) is 36.8 Å². The number of hydrogen-bond acceptors (Lipinski definition) is 0. The third-order valence-electron chi connectivity index (χ3n) is 7.55. The van der Waals surface area contributed by atoms with Gasteiger partial charge in [-0.2, -0.15) is 0 Å². The fourth-order valence-electron chi connectivity index (χ4n) is 5.25. The molecule has 2 heteroatoms. The van der Waals surface area contributed by atoms with Crippen molar-refractivity contribution in [2.45, 2.75) is 77.0 Å². The summed E-state index contributed by atoms with van der Waals surface area (Å²) in [4.78, 5) is 0. The smallest absolute Gasteiger partial charge is 0.162 e. The maximum atomic E-state index is 14.3. The lowest BCUT2D eigenvalue weighted by atomic mass is 9.81. The minimum absolute atomic E-state index is 0.0419. The summed E-state index contributed by atoms with van der Waals surface area (Å²) in [5, 5.41) is 0. The maximum absolute atomic E-state index is 14.3. The van der Waals surface area contributed by atoms with Gasteiger partial charge in [0.1, 0.15) is 0 Å². The highest BCUT2D eigenvalue weighted by Gasteiger charge is 2.23. The van der Waals surface area contributed by atoms with Crippen LogP contribution < -0.4 is 0 Å². The van der Waals surface area contributed by atoms with Gasteiger partial charge in [-0.15, -0.1) is 0 Å². The van der Waals surface area contributed by atoms with Gasteiger partial charge in [0.2, 0.25) is 0 Å². The van der Waals surface area contributed by atoms with E-state index in [0.29, 0.717) is 17.0 Å². The molecular weight excluding hydrogens is 398 g/mol. The van der Waals surface area contributed by atoms with E-state index < -0.39 is 11.6 Å². The van der Waals surface area contributed by atoms with Crippen LogP contribution in [0.25, 0.3) is 0 Å². The Hall–Kier alpha value is -2.22. The van der Waals surface area contributed by atoms with E-state index in [9.17, 15) is 8.78 Å². The number of allylic oxidation sites excluding steroid dienone is 4. The van der Waals surface area contributed by atoms with Crippen LogP contribution in [0.1, 0.15) is 86.0 Å². The molecule has 2 aromatic rings. The van der Waals surface area contributed by atoms with Gasteiger partial charge in [-0.05, 0) is 79.5 Å². The molecular formula is C30H36F2. The molecule has 4 rings (SSSR count). The Morgan fingerprint density at radius 1 is 0.812 bits per heavy atom. The summed E-state index contributed by atoms with van der Waals surface area (Å²) in [5.41, 5.74) is 3.54. The quantitative estimate of drug-likeness (QED) is 0.398. The predicted octanol–water partition coefficient (Wildman–Crippen LogP) is 8.81. The predicted molar refractivity (Wildman–Crippen MR) is 130 cm³/mol. The Morgan fingerprint density at radius 3 is 2.19 bits per heavy atom. The van der Waals surface area contributed by atoms with Gasteiger partial charge in [0.15, 0.2) is 11.6 Å². The molecule has 2 atom stereocenters. The molecule has 0 saturated heterocycles. The van der Waals surface area contributed by atoms with Gasteiger partial charge in [0, 0.05) is 11.8 Å². The minimum atomic E-state index is -0.711. The molecule has 32 heavy (non-hydrogen) atoms. The number of halogens is 2. The average molecular weight is 435 g/mol. The summed E-state index contributed by atoms with van der Waals surface area (Å²) in [7, 11) is 0. The Balaban J connectivity index is 1.29. The van der Waals surface area contributed by atoms with Crippen molar-refractivity contribution in [1.29, 1.82) is 0 Å². The SMILES string of the molecule is Cc1ccc(C2C=CC(c3ccc(CC/C=C/C4CCC(C)CC4)cc3)CC2)c(F)c1F. The van der Waals surface area contributed by atoms with E-state index in [1.807, 2.05) is 0 Å². The Kier molecular flexibility index (Phi) is 7.60. The second-order valence-electron chi connectivity index (χ2n) is 10.0. The van der Waals surface area contributed by atoms with Crippen molar-refractivity contribution in [3.05, 3.63) is 94.6 Å². The van der Waals surface area contributed by atoms with Gasteiger partial charge in [0.25, 0.3) is 0 Å². The Labute approximate surface area is 192 Å². The van der Waals surface area contributed by atoms with E-state index in [0.717, 1.165) is 37.5 Å². The molecule has 2 unspecified atom stereocenters. The molecule has 0 nitrogen and oxygen atoms in total. The summed E-state index contributed by atoms with van der Waals surface area (Å²) < 4.78 is 28.3. The van der Waals surface area contributed by atoms with Crippen LogP contribution in [0.4, 0.5) is 8.78 Å². The molecule has 0 bridgehead atoms. The van der Waals surface area contributed by atoms with Crippen molar-refractivity contribution in [3.63, 3.8) is 0 Å². The first-order chi connectivity index (χ1) is 15.5. The molecule has 0 radical (unpaired) electrons. The molecule has 2 aliphatic carbocycles. The van der Waals surface area contributed by atoms with Gasteiger partial charge in [-0.1, -0.05) is 80.5 Å². The van der Waals surface area contributed by atoms with Crippen LogP contribution in [0.3, 0.4) is 0 Å². The monoisotopic (exact) mass is 434 g/mol. The molecule has 0 aromatic heterocycles. The molecule has 0 amide bonds. The molecule has 2 aliphatic rings. The van der Waals surface area contributed by atoms with E-state index in [2.05, 4.69) is 55.5 Å². The van der Waals surface area contributed by atoms with E-state index in [1.54, 1.807) is 19.1 Å². The molecule has 1 fully saturated rings. The topological polar surface area (TPSA) is 0 Å². The van der Waals surface area contributed by atoms with Crippen LogP contribution in [0.2, 0.25) is 0 Å². The summed E-state index contributed by atoms with van der Waals surface area (Å²) in [5.74, 6) is 0.619. The molecule has 0 spiro atoms. The highest BCUT2D eigenvalue weighted by atomic mass is 19.2. The van der Waals surface area contributed by atoms with Crippen LogP contribution in [0, 0.1) is 30.4 Å². The lowest BCUT2D eigenvalue weighted by Gasteiger charge is -2.24. The molecule has 170 valence electrons. The molecule has 0 heterocycles. The number of hydrogen-bond donors (Lipinski definition) is 0. The van der Waals surface area contributed by atoms with E-state index in [-0.39, 0.29) is 5.92 Å². The van der Waals surface area contributed by atoms with Gasteiger partial charge in [-0.25, -0.2) is 8.78 Å². The first-order valence-electron chi connectivity index (χ1n) is 12.4. The van der Waals surface area contributed by atoms with Crippen LogP contribution >= 0.6 is 0 Å². The van der Waals surface area contributed by atoms with Crippen LogP contribution in [-0.2, 0) is 6.42 Å². The van der Waals surface area contributed by atoms with Crippen LogP contribution in [0.5, 0.6) is 0 Å². The number of rotatable bonds is 6. The van der Waals surface area contributed by atoms with Crippen molar-refractivity contribution in [3.8, 4) is 0 Å². The maximum Gasteiger partial charge on any atom is 0.162 e. The highest BCUT2D eigenvalue weighted by Crippen LogP contribution is 2.37. The van der Waals surface area contributed by atoms with Gasteiger partial charge in [0.05, 0.1) is 0 Å². The molecule has 0 aliphatic heterocycles. The van der Waals surface area contributed by atoms with Gasteiger partial charge in [-0.3, -0.25) is 0 Å². The van der Waals surface area contributed by atoms with E-state index in [4.69, 9.17) is 0 Å². The zero-order chi connectivity index (χ0) is 22.5. The van der Waals surface area contributed by atoms with E-state index >= 15 is 0 Å². The third-order valence-corrected chi connectivity index (χ3v) is 7.55. The number of aryl methyl sites for hydroxylation is 2. The summed E-state index contributed by atoms with van der Waals surface area (Å²) in [6, 6.07) is 12.4. The second kappa shape index (κ2) is 10.6. The third kappa shape index (κ3) is 5.57. The Bertz CT molecular complexity index is 946. The second-order valence-corrected chi connectivity index (χ2v) is 10.0. The zero-order valence-electron chi connectivity index (χ0n) is 19.5. The normalized spacial score (nSPS) is 26.0. The van der Waals surface area contributed by atoms with Gasteiger partial charge < -0.3 is 0 Å². The van der Waals surface area contributed by atoms with Crippen molar-refractivity contribution >= 4 is 0 Å². The molecule has 0 N–H and O–H groups in total. The zero-order valence-corrected chi connectivity index (χ0v) is 19.5. The van der Waals surface area contributed by atoms with Crippen LogP contribution in [-0.4, -0.2) is 0 Å². The fourth-order valence-corrected chi connectivity index (χ4v) is 5.25.